The topological polar surface area (TPSA) is 68.8 Å². The number of nitrogens with zero attached hydrogens (tertiary/aromatic N) is 4. The highest BCUT2D eigenvalue weighted by atomic mass is 16.2. The van der Waals surface area contributed by atoms with Gasteiger partial charge in [0.2, 0.25) is 5.91 Å². The molecule has 1 N–H and O–H groups in total. The van der Waals surface area contributed by atoms with Gasteiger partial charge in [-0.1, -0.05) is 13.3 Å². The summed E-state index contributed by atoms with van der Waals surface area (Å²) >= 11 is 0. The van der Waals surface area contributed by atoms with Crippen LogP contribution in [0.3, 0.4) is 0 Å². The second-order valence-corrected chi connectivity index (χ2v) is 8.54. The number of imide groups is 1. The highest BCUT2D eigenvalue weighted by Crippen LogP contribution is 2.30. The molecule has 1 aliphatic rings. The molecule has 1 aromatic heterocycles. The van der Waals surface area contributed by atoms with Gasteiger partial charge in [-0.25, -0.2) is 4.79 Å². The van der Waals surface area contributed by atoms with Crippen molar-refractivity contribution in [2.75, 3.05) is 46.8 Å². The van der Waals surface area contributed by atoms with Crippen molar-refractivity contribution in [1.82, 2.24) is 25.0 Å². The molecule has 1 aliphatic heterocycles. The number of likely N-dealkylation sites (tertiary alicyclic amines) is 1. The second-order valence-electron chi connectivity index (χ2n) is 8.54. The van der Waals surface area contributed by atoms with Gasteiger partial charge in [-0.2, -0.15) is 0 Å². The Kier molecular flexibility index (Phi) is 10.2. The van der Waals surface area contributed by atoms with E-state index in [9.17, 15) is 9.59 Å². The molecule has 0 bridgehead atoms. The normalized spacial score (nSPS) is 19.6. The first kappa shape index (κ1) is 24.3. The van der Waals surface area contributed by atoms with E-state index < -0.39 is 0 Å². The first-order chi connectivity index (χ1) is 14.4. The maximum absolute atomic E-state index is 12.9. The van der Waals surface area contributed by atoms with Crippen molar-refractivity contribution in [3.05, 3.63) is 30.1 Å². The van der Waals surface area contributed by atoms with Gasteiger partial charge in [0.15, 0.2) is 0 Å². The summed E-state index contributed by atoms with van der Waals surface area (Å²) in [5, 5.41) is 2.89. The lowest BCUT2D eigenvalue weighted by atomic mass is 9.81. The molecule has 30 heavy (non-hydrogen) atoms. The number of nitrogens with one attached hydrogen (secondary N) is 1. The Bertz CT molecular complexity index is 652. The summed E-state index contributed by atoms with van der Waals surface area (Å²) in [7, 11) is 4.02. The highest BCUT2D eigenvalue weighted by molar-refractivity contribution is 5.94. The van der Waals surface area contributed by atoms with Gasteiger partial charge in [0.25, 0.3) is 0 Å². The molecule has 0 aromatic carbocycles. The van der Waals surface area contributed by atoms with E-state index in [1.165, 1.54) is 10.5 Å². The number of hydrogen-bond acceptors (Lipinski definition) is 5. The number of hydrogen-bond donors (Lipinski definition) is 1. The third-order valence-electron chi connectivity index (χ3n) is 6.01. The highest BCUT2D eigenvalue weighted by Gasteiger charge is 2.31. The third-order valence-corrected chi connectivity index (χ3v) is 6.01. The smallest absolute Gasteiger partial charge is 0.324 e. The lowest BCUT2D eigenvalue weighted by Gasteiger charge is -2.38. The minimum absolute atomic E-state index is 0.0476. The van der Waals surface area contributed by atoms with Crippen molar-refractivity contribution < 1.29 is 9.59 Å². The van der Waals surface area contributed by atoms with Crippen LogP contribution in [0.15, 0.2) is 24.5 Å². The molecule has 2 rings (SSSR count). The SMILES string of the molecule is CCC1CN(Cc2ccncc2)CCC1CC(=O)N(CC)C(=O)NCCCN(C)C. The van der Waals surface area contributed by atoms with Crippen molar-refractivity contribution in [3.63, 3.8) is 0 Å². The van der Waals surface area contributed by atoms with Gasteiger partial charge in [-0.15, -0.1) is 0 Å². The standard InChI is InChI=1S/C23H39N5O2/c1-5-20-18-27(17-19-8-12-24-13-9-19)15-10-21(20)16-22(29)28(6-2)23(30)25-11-7-14-26(3)4/h8-9,12-13,20-21H,5-7,10-11,14-18H2,1-4H3,(H,25,30). The van der Waals surface area contributed by atoms with Gasteiger partial charge >= 0.3 is 6.03 Å². The first-order valence-electron chi connectivity index (χ1n) is 11.3. The minimum atomic E-state index is -0.260. The second kappa shape index (κ2) is 12.6. The third kappa shape index (κ3) is 7.69. The van der Waals surface area contributed by atoms with E-state index in [1.54, 1.807) is 0 Å². The minimum Gasteiger partial charge on any atom is -0.338 e. The van der Waals surface area contributed by atoms with Crippen LogP contribution in [-0.4, -0.2) is 78.4 Å². The van der Waals surface area contributed by atoms with E-state index in [0.29, 0.717) is 31.3 Å². The molecular formula is C23H39N5O2. The van der Waals surface area contributed by atoms with E-state index >= 15 is 0 Å². The molecule has 2 atom stereocenters. The average Bonchev–Trinajstić information content (AvgIpc) is 2.73. The van der Waals surface area contributed by atoms with Crippen LogP contribution < -0.4 is 5.32 Å². The van der Waals surface area contributed by atoms with Gasteiger partial charge in [0.05, 0.1) is 0 Å². The fraction of sp³-hybridized carbons (Fsp3) is 0.696. The van der Waals surface area contributed by atoms with Gasteiger partial charge in [-0.05, 0) is 76.5 Å². The number of carbonyl (C=O) groups is 2. The van der Waals surface area contributed by atoms with E-state index in [-0.39, 0.29) is 11.9 Å². The Hall–Kier alpha value is -1.99. The number of amides is 3. The van der Waals surface area contributed by atoms with Crippen LogP contribution in [0.25, 0.3) is 0 Å². The molecule has 0 spiro atoms. The summed E-state index contributed by atoms with van der Waals surface area (Å²) in [4.78, 5) is 35.4. The van der Waals surface area contributed by atoms with Crippen molar-refractivity contribution in [2.24, 2.45) is 11.8 Å². The zero-order valence-corrected chi connectivity index (χ0v) is 19.1. The van der Waals surface area contributed by atoms with Gasteiger partial charge < -0.3 is 10.2 Å². The Balaban J connectivity index is 1.84. The summed E-state index contributed by atoms with van der Waals surface area (Å²) in [5.74, 6) is 0.770. The van der Waals surface area contributed by atoms with Crippen LogP contribution in [0.2, 0.25) is 0 Å². The summed E-state index contributed by atoms with van der Waals surface area (Å²) in [6, 6.07) is 3.86. The number of aromatic nitrogens is 1. The van der Waals surface area contributed by atoms with Crippen LogP contribution in [0.5, 0.6) is 0 Å². The Morgan fingerprint density at radius 1 is 1.20 bits per heavy atom. The number of piperidine rings is 1. The monoisotopic (exact) mass is 417 g/mol. The number of pyridine rings is 1. The molecule has 7 heteroatoms. The molecule has 1 aromatic rings. The largest absolute Gasteiger partial charge is 0.338 e. The van der Waals surface area contributed by atoms with E-state index in [1.807, 2.05) is 33.4 Å². The van der Waals surface area contributed by atoms with Gasteiger partial charge in [0, 0.05) is 45.0 Å². The van der Waals surface area contributed by atoms with Gasteiger partial charge in [-0.3, -0.25) is 19.6 Å². The van der Waals surface area contributed by atoms with E-state index in [2.05, 4.69) is 39.2 Å². The van der Waals surface area contributed by atoms with Crippen molar-refractivity contribution in [2.45, 2.75) is 46.1 Å². The lowest BCUT2D eigenvalue weighted by molar-refractivity contribution is -0.130. The summed E-state index contributed by atoms with van der Waals surface area (Å²) in [6.07, 6.45) is 7.05. The maximum Gasteiger partial charge on any atom is 0.324 e. The molecule has 3 amide bonds. The zero-order chi connectivity index (χ0) is 21.9. The molecule has 2 unspecified atom stereocenters. The lowest BCUT2D eigenvalue weighted by Crippen LogP contribution is -2.46. The number of urea groups is 1. The average molecular weight is 418 g/mol. The predicted octanol–water partition coefficient (Wildman–Crippen LogP) is 2.83. The van der Waals surface area contributed by atoms with E-state index in [0.717, 1.165) is 45.4 Å². The number of carbonyl (C=O) groups excluding carboxylic acids is 2. The molecule has 0 saturated carbocycles. The Labute approximate surface area is 181 Å². The molecule has 1 saturated heterocycles. The van der Waals surface area contributed by atoms with Crippen LogP contribution in [0, 0.1) is 11.8 Å². The first-order valence-corrected chi connectivity index (χ1v) is 11.3. The summed E-state index contributed by atoms with van der Waals surface area (Å²) in [5.41, 5.74) is 1.28. The molecule has 7 nitrogen and oxygen atoms in total. The maximum atomic E-state index is 12.9. The van der Waals surface area contributed by atoms with E-state index in [4.69, 9.17) is 0 Å². The molecule has 1 fully saturated rings. The van der Waals surface area contributed by atoms with Crippen LogP contribution in [0.4, 0.5) is 4.79 Å². The summed E-state index contributed by atoms with van der Waals surface area (Å²) in [6.45, 7) is 8.90. The van der Waals surface area contributed by atoms with Gasteiger partial charge in [0.1, 0.15) is 0 Å². The molecule has 0 aliphatic carbocycles. The summed E-state index contributed by atoms with van der Waals surface area (Å²) < 4.78 is 0. The quantitative estimate of drug-likeness (QED) is 0.593. The van der Waals surface area contributed by atoms with Crippen LogP contribution >= 0.6 is 0 Å². The Morgan fingerprint density at radius 2 is 1.93 bits per heavy atom. The van der Waals surface area contributed by atoms with Crippen LogP contribution in [0.1, 0.15) is 45.1 Å². The van der Waals surface area contributed by atoms with Crippen molar-refractivity contribution >= 4 is 11.9 Å². The number of rotatable bonds is 10. The van der Waals surface area contributed by atoms with Crippen molar-refractivity contribution in [1.29, 1.82) is 0 Å². The van der Waals surface area contributed by atoms with Crippen LogP contribution in [-0.2, 0) is 11.3 Å². The zero-order valence-electron chi connectivity index (χ0n) is 19.1. The fourth-order valence-corrected chi connectivity index (χ4v) is 4.23. The molecule has 168 valence electrons. The van der Waals surface area contributed by atoms with Crippen molar-refractivity contribution in [3.8, 4) is 0 Å². The molecule has 2 heterocycles. The molecular weight excluding hydrogens is 378 g/mol. The molecule has 0 radical (unpaired) electrons. The fourth-order valence-electron chi connectivity index (χ4n) is 4.23. The predicted molar refractivity (Wildman–Crippen MR) is 120 cm³/mol. The Morgan fingerprint density at radius 3 is 2.57 bits per heavy atom.